The van der Waals surface area contributed by atoms with Crippen molar-refractivity contribution in [3.05, 3.63) is 85.4 Å². The zero-order valence-electron chi connectivity index (χ0n) is 15.4. The third kappa shape index (κ3) is 3.35. The molecule has 0 saturated heterocycles. The van der Waals surface area contributed by atoms with Crippen molar-refractivity contribution in [2.75, 3.05) is 7.05 Å². The average molecular weight is 368 g/mol. The van der Waals surface area contributed by atoms with Crippen LogP contribution in [0.25, 0.3) is 33.6 Å². The van der Waals surface area contributed by atoms with E-state index < -0.39 is 0 Å². The zero-order valence-corrected chi connectivity index (χ0v) is 15.4. The molecular weight excluding hydrogens is 348 g/mol. The van der Waals surface area contributed by atoms with Crippen LogP contribution in [0.5, 0.6) is 0 Å². The summed E-state index contributed by atoms with van der Waals surface area (Å²) < 4.78 is 0. The van der Waals surface area contributed by atoms with Gasteiger partial charge in [-0.25, -0.2) is 9.97 Å². The number of hydrogen-bond acceptors (Lipinski definition) is 4. The number of allylic oxidation sites excluding steroid dienone is 1. The highest BCUT2D eigenvalue weighted by Gasteiger charge is 2.12. The number of nitrogens with two attached hydrogens (primary N) is 1. The van der Waals surface area contributed by atoms with Gasteiger partial charge in [0.25, 0.3) is 0 Å². The maximum atomic E-state index is 5.52. The predicted octanol–water partition coefficient (Wildman–Crippen LogP) is 4.03. The minimum atomic E-state index is 0.758. The van der Waals surface area contributed by atoms with Crippen LogP contribution in [0, 0.1) is 0 Å². The number of aromatic nitrogens is 4. The summed E-state index contributed by atoms with van der Waals surface area (Å²) in [5.74, 6) is 0. The van der Waals surface area contributed by atoms with Gasteiger partial charge >= 0.3 is 0 Å². The van der Waals surface area contributed by atoms with Crippen LogP contribution < -0.4 is 5.73 Å². The van der Waals surface area contributed by atoms with Crippen LogP contribution >= 0.6 is 0 Å². The van der Waals surface area contributed by atoms with E-state index in [1.54, 1.807) is 25.8 Å². The molecule has 0 fully saturated rings. The fourth-order valence-electron chi connectivity index (χ4n) is 3.15. The van der Waals surface area contributed by atoms with Gasteiger partial charge in [0.05, 0.1) is 41.6 Å². The summed E-state index contributed by atoms with van der Waals surface area (Å²) in [5.41, 5.74) is 13.4. The highest BCUT2D eigenvalue weighted by Crippen LogP contribution is 2.27. The van der Waals surface area contributed by atoms with E-state index in [0.29, 0.717) is 0 Å². The Bertz CT molecular complexity index is 1100. The fraction of sp³-hybridized carbons (Fsp3) is 0.0455. The van der Waals surface area contributed by atoms with Crippen molar-refractivity contribution in [2.24, 2.45) is 10.7 Å². The molecule has 2 aromatic heterocycles. The van der Waals surface area contributed by atoms with E-state index in [4.69, 9.17) is 5.73 Å². The van der Waals surface area contributed by atoms with Crippen LogP contribution in [0.4, 0.5) is 0 Å². The highest BCUT2D eigenvalue weighted by molar-refractivity contribution is 6.10. The Morgan fingerprint density at radius 1 is 0.893 bits per heavy atom. The van der Waals surface area contributed by atoms with Gasteiger partial charge in [-0.15, -0.1) is 0 Å². The molecule has 0 unspecified atom stereocenters. The lowest BCUT2D eigenvalue weighted by atomic mass is 10.00. The number of aromatic amines is 2. The second-order valence-corrected chi connectivity index (χ2v) is 6.21. The molecule has 4 N–H and O–H groups in total. The Kier molecular flexibility index (Phi) is 4.84. The van der Waals surface area contributed by atoms with Crippen molar-refractivity contribution >= 4 is 5.71 Å². The van der Waals surface area contributed by atoms with Crippen molar-refractivity contribution in [1.82, 2.24) is 19.9 Å². The maximum absolute atomic E-state index is 5.52. The topological polar surface area (TPSA) is 95.7 Å². The average Bonchev–Trinajstić information content (AvgIpc) is 3.44. The molecule has 0 radical (unpaired) electrons. The molecule has 6 heteroatoms. The zero-order chi connectivity index (χ0) is 19.3. The normalized spacial score (nSPS) is 12.0. The molecular formula is C22H20N6. The molecule has 4 aromatic rings. The van der Waals surface area contributed by atoms with E-state index in [1.807, 2.05) is 6.20 Å². The van der Waals surface area contributed by atoms with Gasteiger partial charge in [-0.1, -0.05) is 48.5 Å². The van der Waals surface area contributed by atoms with E-state index in [1.165, 1.54) is 6.20 Å². The van der Waals surface area contributed by atoms with Gasteiger partial charge in [0.15, 0.2) is 0 Å². The molecule has 0 amide bonds. The molecule has 6 nitrogen and oxygen atoms in total. The molecule has 0 atom stereocenters. The fourth-order valence-corrected chi connectivity index (χ4v) is 3.15. The summed E-state index contributed by atoms with van der Waals surface area (Å²) in [6, 6.07) is 16.7. The summed E-state index contributed by atoms with van der Waals surface area (Å²) >= 11 is 0. The van der Waals surface area contributed by atoms with Crippen molar-refractivity contribution < 1.29 is 0 Å². The van der Waals surface area contributed by atoms with Gasteiger partial charge in [-0.3, -0.25) is 4.99 Å². The molecule has 0 spiro atoms. The van der Waals surface area contributed by atoms with E-state index in [0.717, 1.165) is 45.0 Å². The Hall–Kier alpha value is -3.93. The largest absolute Gasteiger partial charge is 0.405 e. The van der Waals surface area contributed by atoms with Crippen molar-refractivity contribution in [1.29, 1.82) is 0 Å². The summed E-state index contributed by atoms with van der Waals surface area (Å²) in [6.45, 7) is 0. The minimum absolute atomic E-state index is 0.758. The molecule has 138 valence electrons. The lowest BCUT2D eigenvalue weighted by Crippen LogP contribution is -2.01. The molecule has 28 heavy (non-hydrogen) atoms. The summed E-state index contributed by atoms with van der Waals surface area (Å²) in [4.78, 5) is 19.1. The Morgan fingerprint density at radius 2 is 1.54 bits per heavy atom. The number of H-pyrrole nitrogens is 2. The standard InChI is InChI=1S/C22H20N6/c1-24-19(10-11-23)22-21(27-14-28-22)18-8-4-16(5-9-18)15-2-6-17(7-3-15)20-12-25-13-26-20/h2-14H,23H2,1H3,(H,25,26)(H,27,28). The number of nitrogens with one attached hydrogen (secondary N) is 2. The quantitative estimate of drug-likeness (QED) is 0.464. The molecule has 4 rings (SSSR count). The summed E-state index contributed by atoms with van der Waals surface area (Å²) in [6.07, 6.45) is 8.40. The first-order valence-corrected chi connectivity index (χ1v) is 8.88. The maximum Gasteiger partial charge on any atom is 0.0976 e. The first-order chi connectivity index (χ1) is 13.8. The molecule has 0 saturated carbocycles. The predicted molar refractivity (Wildman–Crippen MR) is 113 cm³/mol. The SMILES string of the molecule is CN=C(C=CN)c1[nH]cnc1-c1ccc(-c2ccc(-c3cnc[nH]3)cc2)cc1. The summed E-state index contributed by atoms with van der Waals surface area (Å²) in [5, 5.41) is 0. The van der Waals surface area contributed by atoms with Gasteiger partial charge in [0.2, 0.25) is 0 Å². The van der Waals surface area contributed by atoms with Crippen LogP contribution in [0.15, 0.2) is 84.7 Å². The van der Waals surface area contributed by atoms with E-state index in [9.17, 15) is 0 Å². The lowest BCUT2D eigenvalue weighted by molar-refractivity contribution is 1.30. The van der Waals surface area contributed by atoms with Crippen LogP contribution in [0.3, 0.4) is 0 Å². The Morgan fingerprint density at radius 3 is 2.11 bits per heavy atom. The van der Waals surface area contributed by atoms with Crippen molar-refractivity contribution in [2.45, 2.75) is 0 Å². The Balaban J connectivity index is 1.61. The van der Waals surface area contributed by atoms with Crippen molar-refractivity contribution in [3.8, 4) is 33.6 Å². The Labute approximate surface area is 162 Å². The smallest absolute Gasteiger partial charge is 0.0976 e. The minimum Gasteiger partial charge on any atom is -0.405 e. The number of aliphatic imine (C=N–C) groups is 1. The number of hydrogen-bond donors (Lipinski definition) is 3. The second kappa shape index (κ2) is 7.75. The van der Waals surface area contributed by atoms with Crippen LogP contribution in [0.2, 0.25) is 0 Å². The first-order valence-electron chi connectivity index (χ1n) is 8.88. The molecule has 0 aliphatic rings. The van der Waals surface area contributed by atoms with E-state index in [-0.39, 0.29) is 0 Å². The van der Waals surface area contributed by atoms with Crippen LogP contribution in [-0.4, -0.2) is 32.7 Å². The van der Waals surface area contributed by atoms with Crippen LogP contribution in [0.1, 0.15) is 5.69 Å². The van der Waals surface area contributed by atoms with Gasteiger partial charge < -0.3 is 15.7 Å². The molecule has 0 aliphatic carbocycles. The molecule has 2 heterocycles. The van der Waals surface area contributed by atoms with Gasteiger partial charge in [-0.2, -0.15) is 0 Å². The second-order valence-electron chi connectivity index (χ2n) is 6.21. The number of rotatable bonds is 5. The molecule has 0 bridgehead atoms. The number of imidazole rings is 2. The third-order valence-electron chi connectivity index (χ3n) is 4.58. The third-order valence-corrected chi connectivity index (χ3v) is 4.58. The monoisotopic (exact) mass is 368 g/mol. The number of nitrogens with zero attached hydrogens (tertiary/aromatic N) is 3. The van der Waals surface area contributed by atoms with Crippen LogP contribution in [-0.2, 0) is 0 Å². The first kappa shape index (κ1) is 17.5. The summed E-state index contributed by atoms with van der Waals surface area (Å²) in [7, 11) is 1.73. The number of benzene rings is 2. The van der Waals surface area contributed by atoms with Gasteiger partial charge in [0.1, 0.15) is 0 Å². The van der Waals surface area contributed by atoms with E-state index in [2.05, 4.69) is 73.5 Å². The lowest BCUT2D eigenvalue weighted by Gasteiger charge is -2.06. The molecule has 0 aliphatic heterocycles. The molecule has 2 aromatic carbocycles. The van der Waals surface area contributed by atoms with E-state index >= 15 is 0 Å². The highest BCUT2D eigenvalue weighted by atomic mass is 14.9. The van der Waals surface area contributed by atoms with Gasteiger partial charge in [0, 0.05) is 12.6 Å². The van der Waals surface area contributed by atoms with Gasteiger partial charge in [-0.05, 0) is 29.0 Å². The van der Waals surface area contributed by atoms with Crippen molar-refractivity contribution in [3.63, 3.8) is 0 Å².